The molecule has 6 nitrogen and oxygen atoms in total. The summed E-state index contributed by atoms with van der Waals surface area (Å²) in [5.41, 5.74) is 0.170. The van der Waals surface area contributed by atoms with Crippen LogP contribution in [0.25, 0.3) is 0 Å². The molecule has 0 radical (unpaired) electrons. The van der Waals surface area contributed by atoms with E-state index in [2.05, 4.69) is 15.3 Å². The van der Waals surface area contributed by atoms with Crippen molar-refractivity contribution in [3.05, 3.63) is 47.5 Å². The highest BCUT2D eigenvalue weighted by Gasteiger charge is 2.53. The number of anilines is 1. The number of benzene rings is 1. The van der Waals surface area contributed by atoms with Crippen LogP contribution in [0.4, 0.5) is 5.69 Å². The summed E-state index contributed by atoms with van der Waals surface area (Å²) in [4.78, 5) is 21.8. The molecule has 1 fully saturated rings. The van der Waals surface area contributed by atoms with Gasteiger partial charge in [0, 0.05) is 10.4 Å². The molecule has 0 unspecified atom stereocenters. The van der Waals surface area contributed by atoms with Gasteiger partial charge in [0.25, 0.3) is 0 Å². The number of aromatic nitrogens is 2. The van der Waals surface area contributed by atoms with Crippen LogP contribution in [0.2, 0.25) is 5.02 Å². The average molecular weight is 422 g/mol. The molecule has 3 rings (SSSR count). The van der Waals surface area contributed by atoms with Gasteiger partial charge in [-0.3, -0.25) is 4.79 Å². The lowest BCUT2D eigenvalue weighted by atomic mass is 9.96. The number of sulfone groups is 1. The van der Waals surface area contributed by atoms with E-state index in [1.807, 2.05) is 20.8 Å². The third kappa shape index (κ3) is 3.78. The minimum atomic E-state index is -3.88. The molecule has 1 aromatic heterocycles. The standard InChI is InChI=1S/C20H24ClN3O3S/c1-19(2,3)17-22-12-15(13-23-17)24-18(25)20(10-4-5-11-20)28(26,27)16-8-6-14(21)7-9-16/h6-9,12-13H,4-5,10-11H2,1-3H3,(H,24,25). The van der Waals surface area contributed by atoms with Gasteiger partial charge in [-0.1, -0.05) is 45.2 Å². The third-order valence-electron chi connectivity index (χ3n) is 5.04. The Morgan fingerprint density at radius 2 is 1.61 bits per heavy atom. The second-order valence-electron chi connectivity index (χ2n) is 8.16. The summed E-state index contributed by atoms with van der Waals surface area (Å²) in [6, 6.07) is 5.95. The SMILES string of the molecule is CC(C)(C)c1ncc(NC(=O)C2(S(=O)(=O)c3ccc(Cl)cc3)CCCC2)cn1. The van der Waals surface area contributed by atoms with E-state index >= 15 is 0 Å². The summed E-state index contributed by atoms with van der Waals surface area (Å²) < 4.78 is 25.2. The normalized spacial score (nSPS) is 16.7. The van der Waals surface area contributed by atoms with Crippen LogP contribution >= 0.6 is 11.6 Å². The fraction of sp³-hybridized carbons (Fsp3) is 0.450. The highest BCUT2D eigenvalue weighted by Crippen LogP contribution is 2.41. The lowest BCUT2D eigenvalue weighted by Gasteiger charge is -2.27. The zero-order valence-corrected chi connectivity index (χ0v) is 17.8. The minimum absolute atomic E-state index is 0.105. The Hall–Kier alpha value is -1.99. The van der Waals surface area contributed by atoms with Crippen LogP contribution in [-0.4, -0.2) is 29.0 Å². The fourth-order valence-electron chi connectivity index (χ4n) is 3.43. The predicted molar refractivity (Wildman–Crippen MR) is 109 cm³/mol. The molecule has 1 aliphatic rings. The van der Waals surface area contributed by atoms with Gasteiger partial charge in [-0.15, -0.1) is 0 Å². The van der Waals surface area contributed by atoms with Crippen LogP contribution in [0.5, 0.6) is 0 Å². The van der Waals surface area contributed by atoms with Crippen molar-refractivity contribution in [1.29, 1.82) is 0 Å². The second kappa shape index (κ2) is 7.44. The Morgan fingerprint density at radius 3 is 2.11 bits per heavy atom. The number of halogens is 1. The van der Waals surface area contributed by atoms with E-state index < -0.39 is 20.5 Å². The second-order valence-corrected chi connectivity index (χ2v) is 10.9. The molecular formula is C20H24ClN3O3S. The van der Waals surface area contributed by atoms with E-state index in [4.69, 9.17) is 11.6 Å². The van der Waals surface area contributed by atoms with Crippen molar-refractivity contribution >= 4 is 33.0 Å². The van der Waals surface area contributed by atoms with Gasteiger partial charge in [0.2, 0.25) is 5.91 Å². The highest BCUT2D eigenvalue weighted by molar-refractivity contribution is 7.93. The monoisotopic (exact) mass is 421 g/mol. The molecule has 8 heteroatoms. The van der Waals surface area contributed by atoms with Crippen LogP contribution < -0.4 is 5.32 Å². The van der Waals surface area contributed by atoms with Crippen LogP contribution in [0, 0.1) is 0 Å². The van der Waals surface area contributed by atoms with Gasteiger partial charge in [0.1, 0.15) is 5.82 Å². The van der Waals surface area contributed by atoms with Crippen LogP contribution in [0.1, 0.15) is 52.3 Å². The molecule has 0 spiro atoms. The molecule has 1 saturated carbocycles. The molecule has 1 aliphatic carbocycles. The summed E-state index contributed by atoms with van der Waals surface area (Å²) in [6.07, 6.45) is 4.96. The maximum atomic E-state index is 13.3. The quantitative estimate of drug-likeness (QED) is 0.800. The number of nitrogens with one attached hydrogen (secondary N) is 1. The van der Waals surface area contributed by atoms with Gasteiger partial charge < -0.3 is 5.32 Å². The summed E-state index contributed by atoms with van der Waals surface area (Å²) in [6.45, 7) is 5.98. The lowest BCUT2D eigenvalue weighted by Crippen LogP contribution is -2.47. The Kier molecular flexibility index (Phi) is 5.51. The van der Waals surface area contributed by atoms with Crippen molar-refractivity contribution < 1.29 is 13.2 Å². The van der Waals surface area contributed by atoms with Gasteiger partial charge in [0.05, 0.1) is 23.0 Å². The summed E-state index contributed by atoms with van der Waals surface area (Å²) in [7, 11) is -3.88. The number of hydrogen-bond donors (Lipinski definition) is 1. The summed E-state index contributed by atoms with van der Waals surface area (Å²) >= 11 is 5.88. The molecule has 2 aromatic rings. The average Bonchev–Trinajstić information content (AvgIpc) is 3.13. The van der Waals surface area contributed by atoms with Crippen molar-refractivity contribution in [1.82, 2.24) is 9.97 Å². The van der Waals surface area contributed by atoms with Gasteiger partial charge in [-0.2, -0.15) is 0 Å². The van der Waals surface area contributed by atoms with Crippen molar-refractivity contribution in [3.8, 4) is 0 Å². The van der Waals surface area contributed by atoms with E-state index in [1.54, 1.807) is 0 Å². The van der Waals surface area contributed by atoms with E-state index in [1.165, 1.54) is 36.7 Å². The van der Waals surface area contributed by atoms with E-state index in [0.29, 0.717) is 29.4 Å². The van der Waals surface area contributed by atoms with Crippen LogP contribution in [0.15, 0.2) is 41.6 Å². The third-order valence-corrected chi connectivity index (χ3v) is 7.81. The van der Waals surface area contributed by atoms with Crippen molar-refractivity contribution in [2.45, 2.75) is 61.5 Å². The van der Waals surface area contributed by atoms with E-state index in [-0.39, 0.29) is 23.2 Å². The first-order valence-electron chi connectivity index (χ1n) is 9.20. The molecule has 150 valence electrons. The molecule has 0 saturated heterocycles. The van der Waals surface area contributed by atoms with Crippen molar-refractivity contribution in [2.24, 2.45) is 0 Å². The first kappa shape index (κ1) is 20.7. The predicted octanol–water partition coefficient (Wildman–Crippen LogP) is 4.15. The first-order chi connectivity index (χ1) is 13.1. The Balaban J connectivity index is 1.91. The molecule has 0 bridgehead atoms. The number of nitrogens with zero attached hydrogens (tertiary/aromatic N) is 2. The summed E-state index contributed by atoms with van der Waals surface area (Å²) in [5, 5.41) is 3.17. The number of rotatable bonds is 4. The number of carbonyl (C=O) groups is 1. The molecule has 0 aliphatic heterocycles. The smallest absolute Gasteiger partial charge is 0.246 e. The van der Waals surface area contributed by atoms with Gasteiger partial charge in [0.15, 0.2) is 14.6 Å². The molecule has 0 atom stereocenters. The Bertz CT molecular complexity index is 959. The molecule has 1 aromatic carbocycles. The van der Waals surface area contributed by atoms with Gasteiger partial charge in [-0.05, 0) is 37.1 Å². The highest BCUT2D eigenvalue weighted by atomic mass is 35.5. The van der Waals surface area contributed by atoms with Crippen LogP contribution in [-0.2, 0) is 20.0 Å². The van der Waals surface area contributed by atoms with Crippen molar-refractivity contribution in [3.63, 3.8) is 0 Å². The molecule has 1 heterocycles. The zero-order valence-electron chi connectivity index (χ0n) is 16.2. The van der Waals surface area contributed by atoms with E-state index in [9.17, 15) is 13.2 Å². The lowest BCUT2D eigenvalue weighted by molar-refractivity contribution is -0.118. The number of amides is 1. The van der Waals surface area contributed by atoms with Gasteiger partial charge in [-0.25, -0.2) is 18.4 Å². The number of hydrogen-bond acceptors (Lipinski definition) is 5. The van der Waals surface area contributed by atoms with E-state index in [0.717, 1.165) is 0 Å². The van der Waals surface area contributed by atoms with Gasteiger partial charge >= 0.3 is 0 Å². The first-order valence-corrected chi connectivity index (χ1v) is 11.1. The molecule has 1 N–H and O–H groups in total. The number of carbonyl (C=O) groups excluding carboxylic acids is 1. The minimum Gasteiger partial charge on any atom is -0.322 e. The Labute approximate surface area is 170 Å². The maximum absolute atomic E-state index is 13.3. The Morgan fingerprint density at radius 1 is 1.07 bits per heavy atom. The summed E-state index contributed by atoms with van der Waals surface area (Å²) in [5.74, 6) is 0.113. The zero-order chi connectivity index (χ0) is 20.6. The molecule has 1 amide bonds. The largest absolute Gasteiger partial charge is 0.322 e. The van der Waals surface area contributed by atoms with Crippen LogP contribution in [0.3, 0.4) is 0 Å². The maximum Gasteiger partial charge on any atom is 0.246 e. The fourth-order valence-corrected chi connectivity index (χ4v) is 5.62. The van der Waals surface area contributed by atoms with Crippen molar-refractivity contribution in [2.75, 3.05) is 5.32 Å². The topological polar surface area (TPSA) is 89.0 Å². The molecule has 28 heavy (non-hydrogen) atoms. The molecular weight excluding hydrogens is 398 g/mol.